The van der Waals surface area contributed by atoms with E-state index in [0.29, 0.717) is 6.04 Å². The molecule has 102 valence electrons. The second-order valence-corrected chi connectivity index (χ2v) is 6.63. The van der Waals surface area contributed by atoms with Gasteiger partial charge in [-0.3, -0.25) is 0 Å². The number of hydrogen-bond donors (Lipinski definition) is 1. The molecule has 0 fully saturated rings. The van der Waals surface area contributed by atoms with Crippen molar-refractivity contribution in [1.29, 1.82) is 0 Å². The van der Waals surface area contributed by atoms with Gasteiger partial charge in [0.2, 0.25) is 0 Å². The minimum atomic E-state index is 0.460. The zero-order valence-corrected chi connectivity index (χ0v) is 13.6. The van der Waals surface area contributed by atoms with Gasteiger partial charge in [-0.1, -0.05) is 50.1 Å². The zero-order valence-electron chi connectivity index (χ0n) is 11.2. The average molecular weight is 338 g/mol. The molecule has 0 amide bonds. The predicted octanol–water partition coefficient (Wildman–Crippen LogP) is 5.53. The molecule has 1 heterocycles. The molecule has 1 unspecified atom stereocenters. The summed E-state index contributed by atoms with van der Waals surface area (Å²) in [5.74, 6) is 0. The number of halogens is 1. The van der Waals surface area contributed by atoms with Crippen molar-refractivity contribution in [3.63, 3.8) is 0 Å². The fourth-order valence-corrected chi connectivity index (χ4v) is 3.55. The summed E-state index contributed by atoms with van der Waals surface area (Å²) in [6, 6.07) is 13.4. The van der Waals surface area contributed by atoms with E-state index in [-0.39, 0.29) is 0 Å². The largest absolute Gasteiger partial charge is 0.305 e. The number of hydrogen-bond acceptors (Lipinski definition) is 2. The van der Waals surface area contributed by atoms with E-state index in [1.807, 2.05) is 0 Å². The Morgan fingerprint density at radius 1 is 1.26 bits per heavy atom. The fraction of sp³-hybridized carbons (Fsp3) is 0.375. The van der Waals surface area contributed by atoms with Gasteiger partial charge in [0.05, 0.1) is 0 Å². The van der Waals surface area contributed by atoms with Crippen LogP contribution >= 0.6 is 27.3 Å². The first kappa shape index (κ1) is 14.8. The van der Waals surface area contributed by atoms with Crippen LogP contribution in [0, 0.1) is 0 Å². The van der Waals surface area contributed by atoms with Crippen molar-refractivity contribution < 1.29 is 0 Å². The van der Waals surface area contributed by atoms with Gasteiger partial charge in [-0.25, -0.2) is 0 Å². The molecule has 1 nitrogen and oxygen atoms in total. The molecule has 3 heteroatoms. The van der Waals surface area contributed by atoms with E-state index in [0.717, 1.165) is 6.54 Å². The van der Waals surface area contributed by atoms with Gasteiger partial charge in [0.25, 0.3) is 0 Å². The second-order valence-electron chi connectivity index (χ2n) is 4.72. The van der Waals surface area contributed by atoms with Gasteiger partial charge in [-0.05, 0) is 34.0 Å². The molecule has 0 aliphatic heterocycles. The Bertz CT molecular complexity index is 481. The molecule has 1 aromatic heterocycles. The Balaban J connectivity index is 1.97. The monoisotopic (exact) mass is 337 g/mol. The van der Waals surface area contributed by atoms with Crippen molar-refractivity contribution >= 4 is 27.3 Å². The molecule has 0 radical (unpaired) electrons. The third-order valence-electron chi connectivity index (χ3n) is 3.19. The first-order chi connectivity index (χ1) is 9.29. The Hall–Kier alpha value is -0.640. The smallest absolute Gasteiger partial charge is 0.0323 e. The molecule has 0 saturated heterocycles. The summed E-state index contributed by atoms with van der Waals surface area (Å²) >= 11 is 5.31. The lowest BCUT2D eigenvalue weighted by atomic mass is 10.0. The number of unbranched alkanes of at least 4 members (excludes halogenated alkanes) is 1. The molecular formula is C16H20BrNS. The summed E-state index contributed by atoms with van der Waals surface area (Å²) in [6.07, 6.45) is 3.71. The van der Waals surface area contributed by atoms with E-state index in [4.69, 9.17) is 0 Å². The van der Waals surface area contributed by atoms with E-state index in [2.05, 4.69) is 69.9 Å². The van der Waals surface area contributed by atoms with Gasteiger partial charge in [0.15, 0.2) is 0 Å². The van der Waals surface area contributed by atoms with Gasteiger partial charge in [0.1, 0.15) is 0 Å². The summed E-state index contributed by atoms with van der Waals surface area (Å²) in [5, 5.41) is 5.83. The fourth-order valence-electron chi connectivity index (χ4n) is 2.15. The minimum Gasteiger partial charge on any atom is -0.305 e. The molecule has 0 spiro atoms. The van der Waals surface area contributed by atoms with Crippen LogP contribution in [-0.2, 0) is 6.54 Å². The number of nitrogens with one attached hydrogen (secondary N) is 1. The maximum absolute atomic E-state index is 3.69. The topological polar surface area (TPSA) is 12.0 Å². The third-order valence-corrected chi connectivity index (χ3v) is 4.89. The van der Waals surface area contributed by atoms with Crippen LogP contribution in [0.1, 0.15) is 42.7 Å². The van der Waals surface area contributed by atoms with Gasteiger partial charge in [-0.2, -0.15) is 0 Å². The van der Waals surface area contributed by atoms with Crippen LogP contribution in [0.25, 0.3) is 0 Å². The minimum absolute atomic E-state index is 0.460. The maximum atomic E-state index is 3.69. The SMILES string of the molecule is CCCCC(NCc1cc(Br)cs1)c1ccccc1. The lowest BCUT2D eigenvalue weighted by Crippen LogP contribution is -2.20. The molecule has 1 atom stereocenters. The Labute approximate surface area is 128 Å². The third kappa shape index (κ3) is 4.75. The molecule has 1 aromatic carbocycles. The van der Waals surface area contributed by atoms with Crippen LogP contribution in [0.2, 0.25) is 0 Å². The van der Waals surface area contributed by atoms with Gasteiger partial charge in [-0.15, -0.1) is 11.3 Å². The van der Waals surface area contributed by atoms with Crippen LogP contribution in [0.15, 0.2) is 46.3 Å². The van der Waals surface area contributed by atoms with E-state index >= 15 is 0 Å². The highest BCUT2D eigenvalue weighted by molar-refractivity contribution is 9.10. The Morgan fingerprint density at radius 2 is 2.05 bits per heavy atom. The normalized spacial score (nSPS) is 12.5. The van der Waals surface area contributed by atoms with Gasteiger partial charge >= 0.3 is 0 Å². The lowest BCUT2D eigenvalue weighted by molar-refractivity contribution is 0.483. The first-order valence-electron chi connectivity index (χ1n) is 6.81. The summed E-state index contributed by atoms with van der Waals surface area (Å²) in [7, 11) is 0. The van der Waals surface area contributed by atoms with Crippen LogP contribution in [0.5, 0.6) is 0 Å². The van der Waals surface area contributed by atoms with Crippen molar-refractivity contribution in [3.8, 4) is 0 Å². The van der Waals surface area contributed by atoms with Gasteiger partial charge in [0, 0.05) is 27.3 Å². The van der Waals surface area contributed by atoms with Crippen molar-refractivity contribution in [3.05, 3.63) is 56.7 Å². The summed E-state index contributed by atoms with van der Waals surface area (Å²) < 4.78 is 1.18. The van der Waals surface area contributed by atoms with E-state index in [1.165, 1.54) is 34.2 Å². The molecule has 0 aliphatic carbocycles. The molecule has 0 saturated carbocycles. The molecular weight excluding hydrogens is 318 g/mol. The van der Waals surface area contributed by atoms with E-state index < -0.39 is 0 Å². The van der Waals surface area contributed by atoms with Gasteiger partial charge < -0.3 is 5.32 Å². The van der Waals surface area contributed by atoms with Crippen LogP contribution < -0.4 is 5.32 Å². The highest BCUT2D eigenvalue weighted by Gasteiger charge is 2.10. The second kappa shape index (κ2) is 7.83. The molecule has 1 N–H and O–H groups in total. The highest BCUT2D eigenvalue weighted by Crippen LogP contribution is 2.23. The molecule has 2 rings (SSSR count). The van der Waals surface area contributed by atoms with Crippen molar-refractivity contribution in [2.75, 3.05) is 0 Å². The highest BCUT2D eigenvalue weighted by atomic mass is 79.9. The first-order valence-corrected chi connectivity index (χ1v) is 8.48. The number of rotatable bonds is 7. The maximum Gasteiger partial charge on any atom is 0.0323 e. The van der Waals surface area contributed by atoms with E-state index in [9.17, 15) is 0 Å². The average Bonchev–Trinajstić information content (AvgIpc) is 2.86. The predicted molar refractivity (Wildman–Crippen MR) is 87.6 cm³/mol. The molecule has 0 bridgehead atoms. The zero-order chi connectivity index (χ0) is 13.5. The van der Waals surface area contributed by atoms with Crippen LogP contribution in [0.3, 0.4) is 0 Å². The van der Waals surface area contributed by atoms with Crippen molar-refractivity contribution in [1.82, 2.24) is 5.32 Å². The van der Waals surface area contributed by atoms with Crippen molar-refractivity contribution in [2.45, 2.75) is 38.8 Å². The number of benzene rings is 1. The number of thiophene rings is 1. The van der Waals surface area contributed by atoms with E-state index in [1.54, 1.807) is 11.3 Å². The molecule has 2 aromatic rings. The summed E-state index contributed by atoms with van der Waals surface area (Å²) in [4.78, 5) is 1.38. The van der Waals surface area contributed by atoms with Crippen LogP contribution in [0.4, 0.5) is 0 Å². The molecule has 19 heavy (non-hydrogen) atoms. The van der Waals surface area contributed by atoms with Crippen molar-refractivity contribution in [2.24, 2.45) is 0 Å². The summed E-state index contributed by atoms with van der Waals surface area (Å²) in [6.45, 7) is 3.19. The Morgan fingerprint density at radius 3 is 2.68 bits per heavy atom. The standard InChI is InChI=1S/C16H20BrNS/c1-2-3-9-16(13-7-5-4-6-8-13)18-11-15-10-14(17)12-19-15/h4-8,10,12,16,18H,2-3,9,11H2,1H3. The Kier molecular flexibility index (Phi) is 6.08. The summed E-state index contributed by atoms with van der Waals surface area (Å²) in [5.41, 5.74) is 1.39. The molecule has 0 aliphatic rings. The lowest BCUT2D eigenvalue weighted by Gasteiger charge is -2.18. The quantitative estimate of drug-likeness (QED) is 0.700. The van der Waals surface area contributed by atoms with Crippen LogP contribution in [-0.4, -0.2) is 0 Å².